The molecular formula is C17H16ClF3N2O3. The molecule has 1 saturated carbocycles. The van der Waals surface area contributed by atoms with Crippen LogP contribution < -0.4 is 5.32 Å². The Balaban J connectivity index is 1.94. The van der Waals surface area contributed by atoms with Crippen LogP contribution in [0.2, 0.25) is 5.02 Å². The van der Waals surface area contributed by atoms with E-state index in [1.807, 2.05) is 0 Å². The van der Waals surface area contributed by atoms with Crippen LogP contribution >= 0.6 is 11.6 Å². The molecule has 0 unspecified atom stereocenters. The molecule has 0 saturated heterocycles. The zero-order chi connectivity index (χ0) is 18.9. The van der Waals surface area contributed by atoms with Crippen molar-refractivity contribution in [3.05, 3.63) is 46.3 Å². The Morgan fingerprint density at radius 1 is 1.35 bits per heavy atom. The summed E-state index contributed by atoms with van der Waals surface area (Å²) in [6, 6.07) is 3.37. The molecular weight excluding hydrogens is 373 g/mol. The van der Waals surface area contributed by atoms with E-state index in [9.17, 15) is 23.1 Å². The number of aliphatic hydroxyl groups excluding tert-OH is 1. The third-order valence-corrected chi connectivity index (χ3v) is 4.91. The third kappa shape index (κ3) is 4.02. The number of anilines is 1. The number of aliphatic hydroxyl groups is 1. The Bertz CT molecular complexity index is 793. The Labute approximate surface area is 152 Å². The van der Waals surface area contributed by atoms with Crippen molar-refractivity contribution in [1.29, 1.82) is 0 Å². The number of rotatable bonds is 4. The molecule has 1 aliphatic rings. The van der Waals surface area contributed by atoms with Crippen LogP contribution in [-0.4, -0.2) is 22.3 Å². The number of aromatic nitrogens is 1. The second kappa shape index (κ2) is 7.28. The standard InChI is InChI=1S/C17H16ClF3N2O3/c18-15-11(8-9-1-2-10(24)7-9)13(4-3-12(15)17(19,20)21)22-16(25)14-5-6-26-23-14/h3-6,9-10,24H,1-2,7-8H2,(H,22,25)/t9-,10-/m1/s1. The van der Waals surface area contributed by atoms with E-state index in [4.69, 9.17) is 11.6 Å². The number of alkyl halides is 3. The summed E-state index contributed by atoms with van der Waals surface area (Å²) in [5, 5.41) is 15.3. The first-order chi connectivity index (χ1) is 12.3. The number of hydrogen-bond acceptors (Lipinski definition) is 4. The minimum atomic E-state index is -4.60. The minimum Gasteiger partial charge on any atom is -0.393 e. The summed E-state index contributed by atoms with van der Waals surface area (Å²) in [4.78, 5) is 12.2. The molecule has 1 fully saturated rings. The Hall–Kier alpha value is -2.06. The topological polar surface area (TPSA) is 75.4 Å². The molecule has 1 amide bonds. The zero-order valence-corrected chi connectivity index (χ0v) is 14.3. The van der Waals surface area contributed by atoms with Gasteiger partial charge in [-0.05, 0) is 49.3 Å². The monoisotopic (exact) mass is 388 g/mol. The van der Waals surface area contributed by atoms with Crippen LogP contribution in [0.25, 0.3) is 0 Å². The smallest absolute Gasteiger partial charge is 0.393 e. The number of hydrogen-bond donors (Lipinski definition) is 2. The summed E-state index contributed by atoms with van der Waals surface area (Å²) in [5.41, 5.74) is -0.551. The molecule has 0 bridgehead atoms. The molecule has 2 aromatic rings. The van der Waals surface area contributed by atoms with Gasteiger partial charge in [0.1, 0.15) is 6.26 Å². The maximum Gasteiger partial charge on any atom is 0.417 e. The van der Waals surface area contributed by atoms with Gasteiger partial charge in [0.25, 0.3) is 5.91 Å². The van der Waals surface area contributed by atoms with Gasteiger partial charge in [0, 0.05) is 11.8 Å². The fourth-order valence-electron chi connectivity index (χ4n) is 3.20. The van der Waals surface area contributed by atoms with Gasteiger partial charge in [-0.1, -0.05) is 16.8 Å². The number of amides is 1. The van der Waals surface area contributed by atoms with Crippen molar-refractivity contribution in [2.24, 2.45) is 5.92 Å². The molecule has 1 heterocycles. The van der Waals surface area contributed by atoms with E-state index in [0.29, 0.717) is 19.3 Å². The molecule has 1 aliphatic carbocycles. The van der Waals surface area contributed by atoms with Gasteiger partial charge in [-0.25, -0.2) is 0 Å². The first kappa shape index (κ1) is 18.7. The van der Waals surface area contributed by atoms with E-state index in [1.165, 1.54) is 18.4 Å². The lowest BCUT2D eigenvalue weighted by Crippen LogP contribution is -2.17. The van der Waals surface area contributed by atoms with Gasteiger partial charge < -0.3 is 14.9 Å². The highest BCUT2D eigenvalue weighted by Crippen LogP contribution is 2.41. The molecule has 140 valence electrons. The van der Waals surface area contributed by atoms with Gasteiger partial charge in [-0.15, -0.1) is 0 Å². The summed E-state index contributed by atoms with van der Waals surface area (Å²) >= 11 is 6.05. The lowest BCUT2D eigenvalue weighted by Gasteiger charge is -2.19. The number of halogens is 4. The van der Waals surface area contributed by atoms with Crippen molar-refractivity contribution >= 4 is 23.2 Å². The molecule has 0 radical (unpaired) electrons. The summed E-state index contributed by atoms with van der Waals surface area (Å²) in [7, 11) is 0. The molecule has 3 rings (SSSR count). The van der Waals surface area contributed by atoms with Gasteiger partial charge in [-0.3, -0.25) is 4.79 Å². The van der Waals surface area contributed by atoms with Crippen LogP contribution in [0, 0.1) is 5.92 Å². The molecule has 5 nitrogen and oxygen atoms in total. The lowest BCUT2D eigenvalue weighted by atomic mass is 9.94. The number of carbonyl (C=O) groups excluding carboxylic acids is 1. The van der Waals surface area contributed by atoms with Crippen molar-refractivity contribution in [1.82, 2.24) is 5.16 Å². The van der Waals surface area contributed by atoms with Crippen LogP contribution in [0.3, 0.4) is 0 Å². The van der Waals surface area contributed by atoms with E-state index in [-0.39, 0.29) is 29.3 Å². The van der Waals surface area contributed by atoms with Crippen LogP contribution in [0.15, 0.2) is 29.0 Å². The van der Waals surface area contributed by atoms with Crippen LogP contribution in [0.1, 0.15) is 40.9 Å². The van der Waals surface area contributed by atoms with Crippen molar-refractivity contribution in [3.8, 4) is 0 Å². The fourth-order valence-corrected chi connectivity index (χ4v) is 3.54. The normalized spacial score (nSPS) is 20.3. The predicted molar refractivity (Wildman–Crippen MR) is 88.0 cm³/mol. The maximum atomic E-state index is 13.2. The fraction of sp³-hybridized carbons (Fsp3) is 0.412. The summed E-state index contributed by atoms with van der Waals surface area (Å²) < 4.78 is 44.2. The Morgan fingerprint density at radius 2 is 2.12 bits per heavy atom. The molecule has 1 aromatic heterocycles. The molecule has 9 heteroatoms. The van der Waals surface area contributed by atoms with Gasteiger partial charge in [0.2, 0.25) is 0 Å². The number of carbonyl (C=O) groups is 1. The largest absolute Gasteiger partial charge is 0.417 e. The van der Waals surface area contributed by atoms with Crippen molar-refractivity contribution < 1.29 is 27.6 Å². The van der Waals surface area contributed by atoms with Crippen LogP contribution in [-0.2, 0) is 12.6 Å². The second-order valence-electron chi connectivity index (χ2n) is 6.33. The van der Waals surface area contributed by atoms with Gasteiger partial charge in [0.05, 0.1) is 16.7 Å². The quantitative estimate of drug-likeness (QED) is 0.818. The minimum absolute atomic E-state index is 0.00302. The maximum absolute atomic E-state index is 13.2. The molecule has 2 N–H and O–H groups in total. The highest BCUT2D eigenvalue weighted by molar-refractivity contribution is 6.32. The lowest BCUT2D eigenvalue weighted by molar-refractivity contribution is -0.137. The number of nitrogens with zero attached hydrogens (tertiary/aromatic N) is 1. The van der Waals surface area contributed by atoms with Crippen molar-refractivity contribution in [2.75, 3.05) is 5.32 Å². The molecule has 0 aliphatic heterocycles. The van der Waals surface area contributed by atoms with E-state index >= 15 is 0 Å². The predicted octanol–water partition coefficient (Wildman–Crippen LogP) is 4.30. The summed E-state index contributed by atoms with van der Waals surface area (Å²) in [6.45, 7) is 0. The third-order valence-electron chi connectivity index (χ3n) is 4.47. The van der Waals surface area contributed by atoms with E-state index in [1.54, 1.807) is 0 Å². The van der Waals surface area contributed by atoms with E-state index < -0.39 is 28.8 Å². The summed E-state index contributed by atoms with van der Waals surface area (Å²) in [5.74, 6) is -0.615. The Morgan fingerprint density at radius 3 is 2.69 bits per heavy atom. The Kier molecular flexibility index (Phi) is 5.24. The highest BCUT2D eigenvalue weighted by Gasteiger charge is 2.35. The molecule has 1 aromatic carbocycles. The van der Waals surface area contributed by atoms with Gasteiger partial charge in [-0.2, -0.15) is 13.2 Å². The van der Waals surface area contributed by atoms with Crippen molar-refractivity contribution in [2.45, 2.75) is 38.0 Å². The van der Waals surface area contributed by atoms with Gasteiger partial charge >= 0.3 is 6.18 Å². The van der Waals surface area contributed by atoms with Crippen LogP contribution in [0.5, 0.6) is 0 Å². The number of nitrogens with one attached hydrogen (secondary N) is 1. The molecule has 26 heavy (non-hydrogen) atoms. The number of benzene rings is 1. The molecule has 2 atom stereocenters. The average Bonchev–Trinajstić information content (AvgIpc) is 3.21. The van der Waals surface area contributed by atoms with E-state index in [0.717, 1.165) is 6.07 Å². The van der Waals surface area contributed by atoms with Gasteiger partial charge in [0.15, 0.2) is 5.69 Å². The van der Waals surface area contributed by atoms with E-state index in [2.05, 4.69) is 15.0 Å². The zero-order valence-electron chi connectivity index (χ0n) is 13.5. The average molecular weight is 389 g/mol. The molecule has 0 spiro atoms. The second-order valence-corrected chi connectivity index (χ2v) is 6.70. The SMILES string of the molecule is O=C(Nc1ccc(C(F)(F)F)c(Cl)c1C[C@@H]1CC[C@@H](O)C1)c1ccon1. The van der Waals surface area contributed by atoms with Crippen molar-refractivity contribution in [3.63, 3.8) is 0 Å². The first-order valence-corrected chi connectivity index (χ1v) is 8.42. The van der Waals surface area contributed by atoms with Crippen LogP contribution in [0.4, 0.5) is 18.9 Å². The first-order valence-electron chi connectivity index (χ1n) is 8.04. The highest BCUT2D eigenvalue weighted by atomic mass is 35.5. The summed E-state index contributed by atoms with van der Waals surface area (Å²) in [6.07, 6.45) is -1.84.